The van der Waals surface area contributed by atoms with Gasteiger partial charge in [0.1, 0.15) is 10.3 Å². The Labute approximate surface area is 89.3 Å². The van der Waals surface area contributed by atoms with E-state index in [2.05, 4.69) is 31.1 Å². The fourth-order valence-electron chi connectivity index (χ4n) is 1.09. The molecule has 0 amide bonds. The first-order valence-corrected chi connectivity index (χ1v) is 4.78. The highest BCUT2D eigenvalue weighted by atomic mass is 79.9. The molecule has 0 unspecified atom stereocenters. The Kier molecular flexibility index (Phi) is 2.41. The van der Waals surface area contributed by atoms with Gasteiger partial charge in [-0.2, -0.15) is 0 Å². The summed E-state index contributed by atoms with van der Waals surface area (Å²) in [5.41, 5.74) is 7.04. The lowest BCUT2D eigenvalue weighted by atomic mass is 10.2. The number of anilines is 1. The van der Waals surface area contributed by atoms with Crippen LogP contribution in [0, 0.1) is 0 Å². The van der Waals surface area contributed by atoms with E-state index in [1.54, 1.807) is 0 Å². The Morgan fingerprint density at radius 2 is 1.79 bits per heavy atom. The average molecular weight is 251 g/mol. The van der Waals surface area contributed by atoms with Crippen molar-refractivity contribution >= 4 is 21.9 Å². The second kappa shape index (κ2) is 3.71. The molecule has 2 rings (SSSR count). The number of hydrogen-bond donors (Lipinski definition) is 1. The average Bonchev–Trinajstić information content (AvgIpc) is 2.19. The van der Waals surface area contributed by atoms with Crippen LogP contribution in [0.4, 0.5) is 5.95 Å². The predicted molar refractivity (Wildman–Crippen MR) is 57.4 cm³/mol. The second-order valence-electron chi connectivity index (χ2n) is 2.68. The van der Waals surface area contributed by atoms with Crippen LogP contribution in [0.5, 0.6) is 0 Å². The molecule has 0 radical (unpaired) electrons. The first-order chi connectivity index (χ1) is 6.77. The zero-order valence-electron chi connectivity index (χ0n) is 7.18. The lowest BCUT2D eigenvalue weighted by Gasteiger charge is -2.01. The molecule has 70 valence electrons. The Hall–Kier alpha value is -1.49. The lowest BCUT2D eigenvalue weighted by molar-refractivity contribution is 0.978. The van der Waals surface area contributed by atoms with Gasteiger partial charge in [-0.25, -0.2) is 4.98 Å². The molecule has 0 fully saturated rings. The van der Waals surface area contributed by atoms with Crippen LogP contribution in [0.2, 0.25) is 0 Å². The topological polar surface area (TPSA) is 64.7 Å². The molecule has 2 N–H and O–H groups in total. The number of benzene rings is 1. The number of nitrogens with zero attached hydrogens (tertiary/aromatic N) is 3. The van der Waals surface area contributed by atoms with Crippen molar-refractivity contribution in [2.45, 2.75) is 0 Å². The molecule has 0 aliphatic heterocycles. The SMILES string of the molecule is Nc1nnc(-c2ccccc2)c(Br)n1. The van der Waals surface area contributed by atoms with Gasteiger partial charge in [-0.05, 0) is 15.9 Å². The zero-order valence-corrected chi connectivity index (χ0v) is 8.77. The van der Waals surface area contributed by atoms with Gasteiger partial charge in [0.25, 0.3) is 0 Å². The third-order valence-corrected chi connectivity index (χ3v) is 2.26. The predicted octanol–water partition coefficient (Wildman–Crippen LogP) is 1.88. The van der Waals surface area contributed by atoms with E-state index in [4.69, 9.17) is 5.73 Å². The summed E-state index contributed by atoms with van der Waals surface area (Å²) >= 11 is 3.29. The molecule has 0 spiro atoms. The minimum Gasteiger partial charge on any atom is -0.366 e. The van der Waals surface area contributed by atoms with Gasteiger partial charge in [0.05, 0.1) is 0 Å². The van der Waals surface area contributed by atoms with Crippen molar-refractivity contribution in [1.82, 2.24) is 15.2 Å². The van der Waals surface area contributed by atoms with Crippen LogP contribution in [0.15, 0.2) is 34.9 Å². The van der Waals surface area contributed by atoms with Gasteiger partial charge in [-0.3, -0.25) is 0 Å². The molecule has 0 saturated heterocycles. The van der Waals surface area contributed by atoms with Gasteiger partial charge in [0.2, 0.25) is 5.95 Å². The summed E-state index contributed by atoms with van der Waals surface area (Å²) in [5, 5.41) is 7.67. The van der Waals surface area contributed by atoms with Crippen molar-refractivity contribution in [3.63, 3.8) is 0 Å². The smallest absolute Gasteiger partial charge is 0.241 e. The van der Waals surface area contributed by atoms with E-state index in [9.17, 15) is 0 Å². The summed E-state index contributed by atoms with van der Waals surface area (Å²) in [5.74, 6) is 0.163. The van der Waals surface area contributed by atoms with E-state index in [1.165, 1.54) is 0 Å². The standard InChI is InChI=1S/C9H7BrN4/c10-8-7(13-14-9(11)12-8)6-4-2-1-3-5-6/h1-5H,(H2,11,12,14). The summed E-state index contributed by atoms with van der Waals surface area (Å²) in [6, 6.07) is 9.68. The van der Waals surface area contributed by atoms with E-state index < -0.39 is 0 Å². The molecule has 0 saturated carbocycles. The molecule has 14 heavy (non-hydrogen) atoms. The largest absolute Gasteiger partial charge is 0.366 e. The molecule has 2 aromatic rings. The first-order valence-electron chi connectivity index (χ1n) is 3.98. The summed E-state index contributed by atoms with van der Waals surface area (Å²) in [4.78, 5) is 3.97. The second-order valence-corrected chi connectivity index (χ2v) is 3.43. The normalized spacial score (nSPS) is 10.1. The summed E-state index contributed by atoms with van der Waals surface area (Å²) in [6.07, 6.45) is 0. The summed E-state index contributed by atoms with van der Waals surface area (Å²) in [6.45, 7) is 0. The van der Waals surface area contributed by atoms with Crippen molar-refractivity contribution in [2.24, 2.45) is 0 Å². The zero-order chi connectivity index (χ0) is 9.97. The molecule has 1 aromatic carbocycles. The molecule has 4 nitrogen and oxygen atoms in total. The number of nitrogens with two attached hydrogens (primary N) is 1. The highest BCUT2D eigenvalue weighted by Crippen LogP contribution is 2.23. The van der Waals surface area contributed by atoms with Gasteiger partial charge in [0.15, 0.2) is 0 Å². The molecule has 0 aliphatic rings. The highest BCUT2D eigenvalue weighted by molar-refractivity contribution is 9.10. The van der Waals surface area contributed by atoms with Crippen molar-refractivity contribution in [3.05, 3.63) is 34.9 Å². The quantitative estimate of drug-likeness (QED) is 0.840. The van der Waals surface area contributed by atoms with Gasteiger partial charge in [0, 0.05) is 5.56 Å². The summed E-state index contributed by atoms with van der Waals surface area (Å²) in [7, 11) is 0. The van der Waals surface area contributed by atoms with Crippen LogP contribution in [0.1, 0.15) is 0 Å². The Morgan fingerprint density at radius 1 is 1.07 bits per heavy atom. The Morgan fingerprint density at radius 3 is 2.43 bits per heavy atom. The number of nitrogen functional groups attached to an aromatic ring is 1. The minimum absolute atomic E-state index is 0.163. The molecule has 5 heteroatoms. The van der Waals surface area contributed by atoms with Gasteiger partial charge >= 0.3 is 0 Å². The van der Waals surface area contributed by atoms with Crippen LogP contribution in [0.25, 0.3) is 11.3 Å². The Bertz CT molecular complexity index is 444. The Balaban J connectivity index is 2.53. The van der Waals surface area contributed by atoms with Gasteiger partial charge < -0.3 is 5.73 Å². The van der Waals surface area contributed by atoms with Gasteiger partial charge in [-0.1, -0.05) is 30.3 Å². The number of rotatable bonds is 1. The molecule has 0 atom stereocenters. The third kappa shape index (κ3) is 1.72. The van der Waals surface area contributed by atoms with E-state index in [1.807, 2.05) is 30.3 Å². The van der Waals surface area contributed by atoms with Crippen LogP contribution in [-0.4, -0.2) is 15.2 Å². The number of hydrogen-bond acceptors (Lipinski definition) is 4. The van der Waals surface area contributed by atoms with Crippen molar-refractivity contribution < 1.29 is 0 Å². The maximum absolute atomic E-state index is 5.39. The van der Waals surface area contributed by atoms with Crippen LogP contribution in [0.3, 0.4) is 0 Å². The van der Waals surface area contributed by atoms with E-state index in [0.717, 1.165) is 5.56 Å². The lowest BCUT2D eigenvalue weighted by Crippen LogP contribution is -1.99. The molecule has 0 bridgehead atoms. The van der Waals surface area contributed by atoms with E-state index >= 15 is 0 Å². The molecular formula is C9H7BrN4. The fourth-order valence-corrected chi connectivity index (χ4v) is 1.58. The van der Waals surface area contributed by atoms with Crippen molar-refractivity contribution in [3.8, 4) is 11.3 Å². The van der Waals surface area contributed by atoms with Crippen LogP contribution in [-0.2, 0) is 0 Å². The summed E-state index contributed by atoms with van der Waals surface area (Å²) < 4.78 is 0.608. The minimum atomic E-state index is 0.163. The van der Waals surface area contributed by atoms with Crippen molar-refractivity contribution in [2.75, 3.05) is 5.73 Å². The first kappa shape index (κ1) is 9.08. The molecule has 0 aliphatic carbocycles. The monoisotopic (exact) mass is 250 g/mol. The number of halogens is 1. The fraction of sp³-hybridized carbons (Fsp3) is 0. The van der Waals surface area contributed by atoms with E-state index in [0.29, 0.717) is 10.3 Å². The number of aromatic nitrogens is 3. The molecule has 1 heterocycles. The van der Waals surface area contributed by atoms with Gasteiger partial charge in [-0.15, -0.1) is 10.2 Å². The van der Waals surface area contributed by atoms with Crippen LogP contribution >= 0.6 is 15.9 Å². The van der Waals surface area contributed by atoms with Crippen LogP contribution < -0.4 is 5.73 Å². The third-order valence-electron chi connectivity index (χ3n) is 1.71. The maximum Gasteiger partial charge on any atom is 0.241 e. The van der Waals surface area contributed by atoms with E-state index in [-0.39, 0.29) is 5.95 Å². The molecule has 1 aromatic heterocycles. The van der Waals surface area contributed by atoms with Crippen molar-refractivity contribution in [1.29, 1.82) is 0 Å². The highest BCUT2D eigenvalue weighted by Gasteiger charge is 2.06. The molecular weight excluding hydrogens is 244 g/mol. The maximum atomic E-state index is 5.39.